The molecule has 0 bridgehead atoms. The van der Waals surface area contributed by atoms with Crippen LogP contribution in [0.1, 0.15) is 27.0 Å². The number of imide groups is 1. The largest absolute Gasteiger partial charge is 0.465 e. The van der Waals surface area contributed by atoms with Gasteiger partial charge < -0.3 is 15.0 Å². The number of amides is 3. The van der Waals surface area contributed by atoms with E-state index in [4.69, 9.17) is 16.3 Å². The predicted octanol–water partition coefficient (Wildman–Crippen LogP) is 4.08. The number of aryl methyl sites for hydroxylation is 1. The molecule has 3 aliphatic heterocycles. The summed E-state index contributed by atoms with van der Waals surface area (Å²) in [5.74, 6) is -4.10. The predicted molar refractivity (Wildman–Crippen MR) is 153 cm³/mol. The van der Waals surface area contributed by atoms with Crippen LogP contribution in [0.15, 0.2) is 66.9 Å². The Morgan fingerprint density at radius 2 is 1.80 bits per heavy atom. The molecule has 3 N–H and O–H groups in total. The van der Waals surface area contributed by atoms with Crippen molar-refractivity contribution >= 4 is 57.6 Å². The van der Waals surface area contributed by atoms with Gasteiger partial charge in [-0.15, -0.1) is 0 Å². The van der Waals surface area contributed by atoms with Gasteiger partial charge in [-0.25, -0.2) is 9.69 Å². The molecule has 0 radical (unpaired) electrons. The topological polar surface area (TPSA) is 121 Å². The summed E-state index contributed by atoms with van der Waals surface area (Å²) in [5, 5.41) is 7.83. The summed E-state index contributed by atoms with van der Waals surface area (Å²) in [6, 6.07) is 17.0. The van der Waals surface area contributed by atoms with Crippen LogP contribution in [0.5, 0.6) is 0 Å². The van der Waals surface area contributed by atoms with Crippen LogP contribution in [0.2, 0.25) is 5.02 Å². The van der Waals surface area contributed by atoms with Crippen molar-refractivity contribution < 1.29 is 23.9 Å². The number of benzene rings is 3. The lowest BCUT2D eigenvalue weighted by Gasteiger charge is -2.30. The van der Waals surface area contributed by atoms with Crippen molar-refractivity contribution in [2.24, 2.45) is 11.8 Å². The van der Waals surface area contributed by atoms with Crippen LogP contribution in [-0.4, -0.2) is 41.8 Å². The molecule has 7 rings (SSSR count). The maximum absolute atomic E-state index is 14.4. The fraction of sp³-hybridized carbons (Fsp3) is 0.226. The average Bonchev–Trinajstić information content (AvgIpc) is 3.68. The Kier molecular flexibility index (Phi) is 5.61. The van der Waals surface area contributed by atoms with Crippen molar-refractivity contribution in [3.05, 3.63) is 94.1 Å². The first-order valence-corrected chi connectivity index (χ1v) is 13.6. The second-order valence-corrected chi connectivity index (χ2v) is 11.2. The number of H-pyrrole nitrogens is 1. The number of rotatable bonds is 4. The van der Waals surface area contributed by atoms with Gasteiger partial charge in [-0.3, -0.25) is 19.7 Å². The molecule has 4 unspecified atom stereocenters. The molecular weight excluding hydrogens is 544 g/mol. The molecule has 4 atom stereocenters. The van der Waals surface area contributed by atoms with E-state index in [0.29, 0.717) is 22.7 Å². The number of carbonyl (C=O) groups excluding carboxylic acids is 4. The third-order valence-electron chi connectivity index (χ3n) is 8.65. The molecule has 41 heavy (non-hydrogen) atoms. The summed E-state index contributed by atoms with van der Waals surface area (Å²) < 4.78 is 4.93. The van der Waals surface area contributed by atoms with Gasteiger partial charge in [0.25, 0.3) is 0 Å². The Hall–Kier alpha value is -4.47. The number of hydrogen-bond acceptors (Lipinski definition) is 6. The van der Waals surface area contributed by atoms with Crippen LogP contribution >= 0.6 is 11.6 Å². The maximum atomic E-state index is 14.4. The lowest BCUT2D eigenvalue weighted by molar-refractivity contribution is -0.130. The first-order chi connectivity index (χ1) is 19.8. The Morgan fingerprint density at radius 3 is 2.61 bits per heavy atom. The van der Waals surface area contributed by atoms with E-state index in [1.807, 2.05) is 37.4 Å². The lowest BCUT2D eigenvalue weighted by atomic mass is 9.76. The molecule has 4 aromatic rings. The number of nitrogens with zero attached hydrogens (tertiary/aromatic N) is 1. The van der Waals surface area contributed by atoms with Crippen LogP contribution in [0, 0.1) is 18.8 Å². The minimum Gasteiger partial charge on any atom is -0.465 e. The van der Waals surface area contributed by atoms with Crippen molar-refractivity contribution in [1.29, 1.82) is 0 Å². The highest BCUT2D eigenvalue weighted by Crippen LogP contribution is 2.55. The van der Waals surface area contributed by atoms with Gasteiger partial charge in [0.05, 0.1) is 30.2 Å². The third kappa shape index (κ3) is 3.45. The monoisotopic (exact) mass is 568 g/mol. The second-order valence-electron chi connectivity index (χ2n) is 10.7. The highest BCUT2D eigenvalue weighted by molar-refractivity contribution is 6.31. The molecule has 9 nitrogen and oxygen atoms in total. The number of esters is 1. The first-order valence-electron chi connectivity index (χ1n) is 13.3. The summed E-state index contributed by atoms with van der Waals surface area (Å²) >= 11 is 6.47. The SMILES string of the molecule is COC(=O)c1ccccc1N1C(=O)C2C(Cc3c[nH]c4ccccc34)NC3(C(=O)Nc4c(C)cc(Cl)cc43)C2C1=O. The quantitative estimate of drug-likeness (QED) is 0.252. The number of aromatic amines is 1. The Morgan fingerprint density at radius 1 is 1.05 bits per heavy atom. The maximum Gasteiger partial charge on any atom is 0.339 e. The molecule has 3 aliphatic rings. The minimum atomic E-state index is -1.53. The molecule has 4 heterocycles. The molecule has 0 saturated carbocycles. The number of para-hydroxylation sites is 2. The zero-order valence-electron chi connectivity index (χ0n) is 22.2. The van der Waals surface area contributed by atoms with Gasteiger partial charge in [-0.2, -0.15) is 0 Å². The van der Waals surface area contributed by atoms with Gasteiger partial charge in [0.2, 0.25) is 17.7 Å². The van der Waals surface area contributed by atoms with Crippen LogP contribution in [0.3, 0.4) is 0 Å². The van der Waals surface area contributed by atoms with Gasteiger partial charge in [-0.05, 0) is 54.8 Å². The zero-order valence-corrected chi connectivity index (χ0v) is 22.9. The molecule has 10 heteroatoms. The van der Waals surface area contributed by atoms with Crippen LogP contribution in [0.25, 0.3) is 10.9 Å². The van der Waals surface area contributed by atoms with Gasteiger partial charge in [0.1, 0.15) is 5.54 Å². The molecular formula is C31H25ClN4O5. The second kappa shape index (κ2) is 9.02. The van der Waals surface area contributed by atoms with E-state index in [1.54, 1.807) is 30.3 Å². The number of carbonyl (C=O) groups is 4. The smallest absolute Gasteiger partial charge is 0.339 e. The number of halogens is 1. The highest BCUT2D eigenvalue weighted by Gasteiger charge is 2.71. The number of fused-ring (bicyclic) bond motifs is 5. The number of anilines is 2. The van der Waals surface area contributed by atoms with Gasteiger partial charge in [0.15, 0.2) is 0 Å². The van der Waals surface area contributed by atoms with E-state index in [0.717, 1.165) is 26.9 Å². The van der Waals surface area contributed by atoms with Crippen molar-refractivity contribution in [2.75, 3.05) is 17.3 Å². The lowest BCUT2D eigenvalue weighted by Crippen LogP contribution is -2.53. The van der Waals surface area contributed by atoms with Gasteiger partial charge in [-0.1, -0.05) is 41.9 Å². The van der Waals surface area contributed by atoms with Crippen molar-refractivity contribution in [3.63, 3.8) is 0 Å². The Bertz CT molecular complexity index is 1820. The number of hydrogen-bond donors (Lipinski definition) is 3. The summed E-state index contributed by atoms with van der Waals surface area (Å²) in [6.07, 6.45) is 2.27. The van der Waals surface area contributed by atoms with Gasteiger partial charge >= 0.3 is 5.97 Å². The molecule has 206 valence electrons. The minimum absolute atomic E-state index is 0.0852. The van der Waals surface area contributed by atoms with Crippen molar-refractivity contribution in [2.45, 2.75) is 24.9 Å². The molecule has 2 fully saturated rings. The molecule has 0 aliphatic carbocycles. The highest BCUT2D eigenvalue weighted by atomic mass is 35.5. The first kappa shape index (κ1) is 25.5. The van der Waals surface area contributed by atoms with Gasteiger partial charge in [0, 0.05) is 39.4 Å². The van der Waals surface area contributed by atoms with E-state index in [-0.39, 0.29) is 11.3 Å². The molecule has 3 amide bonds. The number of nitrogens with one attached hydrogen (secondary N) is 3. The normalized spacial score (nSPS) is 24.7. The van der Waals surface area contributed by atoms with E-state index in [9.17, 15) is 19.2 Å². The summed E-state index contributed by atoms with van der Waals surface area (Å²) in [4.78, 5) is 59.6. The summed E-state index contributed by atoms with van der Waals surface area (Å²) in [7, 11) is 1.24. The number of aromatic nitrogens is 1. The zero-order chi connectivity index (χ0) is 28.6. The number of ether oxygens (including phenoxy) is 1. The Balaban J connectivity index is 1.41. The third-order valence-corrected chi connectivity index (χ3v) is 8.87. The molecule has 2 saturated heterocycles. The average molecular weight is 569 g/mol. The molecule has 1 spiro atoms. The van der Waals surface area contributed by atoms with Crippen molar-refractivity contribution in [3.8, 4) is 0 Å². The van der Waals surface area contributed by atoms with Crippen LogP contribution in [-0.2, 0) is 31.1 Å². The summed E-state index contributed by atoms with van der Waals surface area (Å²) in [6.45, 7) is 1.83. The fourth-order valence-corrected chi connectivity index (χ4v) is 7.21. The molecule has 3 aromatic carbocycles. The van der Waals surface area contributed by atoms with Crippen molar-refractivity contribution in [1.82, 2.24) is 10.3 Å². The fourth-order valence-electron chi connectivity index (χ4n) is 6.93. The summed E-state index contributed by atoms with van der Waals surface area (Å²) in [5.41, 5.74) is 2.44. The molecule has 1 aromatic heterocycles. The van der Waals surface area contributed by atoms with E-state index in [1.165, 1.54) is 13.2 Å². The van der Waals surface area contributed by atoms with E-state index < -0.39 is 47.1 Å². The van der Waals surface area contributed by atoms with Crippen LogP contribution < -0.4 is 15.5 Å². The van der Waals surface area contributed by atoms with Crippen LogP contribution in [0.4, 0.5) is 11.4 Å². The Labute approximate surface area is 239 Å². The van der Waals surface area contributed by atoms with E-state index >= 15 is 0 Å². The van der Waals surface area contributed by atoms with E-state index in [2.05, 4.69) is 15.6 Å². The standard InChI is InChI=1S/C31H25ClN4O5/c1-15-11-17(32)13-20-26(15)34-30(40)31(20)25-24(22(35-31)12-16-14-33-21-9-5-3-7-18(16)21)27(37)36(28(25)38)23-10-6-4-8-19(23)29(39)41-2/h3-11,13-14,22,24-25,33,35H,12H2,1-2H3,(H,34,40). The number of methoxy groups -OCH3 is 1.